The van der Waals surface area contributed by atoms with Gasteiger partial charge in [0.1, 0.15) is 12.4 Å². The number of hydrogen-bond donors (Lipinski definition) is 1. The van der Waals surface area contributed by atoms with E-state index < -0.39 is 0 Å². The van der Waals surface area contributed by atoms with E-state index >= 15 is 0 Å². The molecule has 0 saturated carbocycles. The van der Waals surface area contributed by atoms with Crippen LogP contribution in [0.15, 0.2) is 12.3 Å². The van der Waals surface area contributed by atoms with E-state index in [-0.39, 0.29) is 5.41 Å². The Labute approximate surface area is 82.3 Å². The van der Waals surface area contributed by atoms with Crippen LogP contribution in [-0.4, -0.2) is 29.8 Å². The molecule has 1 fully saturated rings. The average molecular weight is 195 g/mol. The number of nitrogen functional groups attached to an aromatic ring is 1. The second kappa shape index (κ2) is 3.42. The lowest BCUT2D eigenvalue weighted by Crippen LogP contribution is -2.44. The Balaban J connectivity index is 1.91. The van der Waals surface area contributed by atoms with Crippen molar-refractivity contribution in [2.45, 2.75) is 6.92 Å². The molecule has 1 aliphatic rings. The van der Waals surface area contributed by atoms with Gasteiger partial charge in [0.2, 0.25) is 0 Å². The second-order valence-corrected chi connectivity index (χ2v) is 3.86. The van der Waals surface area contributed by atoms with E-state index in [0.717, 1.165) is 13.2 Å². The minimum Gasteiger partial charge on any atom is -0.463 e. The number of nitrogens with two attached hydrogens (primary N) is 1. The monoisotopic (exact) mass is 195 g/mol. The Morgan fingerprint density at radius 1 is 1.64 bits per heavy atom. The van der Waals surface area contributed by atoms with Crippen LogP contribution >= 0.6 is 0 Å². The van der Waals surface area contributed by atoms with E-state index in [1.807, 2.05) is 0 Å². The summed E-state index contributed by atoms with van der Waals surface area (Å²) in [6.07, 6.45) is 1.58. The fourth-order valence-corrected chi connectivity index (χ4v) is 1.20. The summed E-state index contributed by atoms with van der Waals surface area (Å²) in [6.45, 7) is 4.13. The Morgan fingerprint density at radius 2 is 2.43 bits per heavy atom. The molecule has 2 heterocycles. The van der Waals surface area contributed by atoms with Gasteiger partial charge in [0.05, 0.1) is 13.2 Å². The minimum absolute atomic E-state index is 0.105. The van der Waals surface area contributed by atoms with Crippen molar-refractivity contribution in [2.24, 2.45) is 5.41 Å². The van der Waals surface area contributed by atoms with Gasteiger partial charge in [-0.25, -0.2) is 4.98 Å². The number of anilines is 1. The molecule has 0 aliphatic carbocycles. The van der Waals surface area contributed by atoms with Crippen LogP contribution in [0, 0.1) is 5.41 Å². The Morgan fingerprint density at radius 3 is 3.00 bits per heavy atom. The first kappa shape index (κ1) is 9.21. The van der Waals surface area contributed by atoms with Crippen molar-refractivity contribution in [2.75, 3.05) is 25.6 Å². The summed E-state index contributed by atoms with van der Waals surface area (Å²) in [7, 11) is 0. The van der Waals surface area contributed by atoms with Gasteiger partial charge in [-0.1, -0.05) is 6.92 Å². The highest BCUT2D eigenvalue weighted by atomic mass is 16.5. The molecular weight excluding hydrogens is 182 g/mol. The zero-order valence-electron chi connectivity index (χ0n) is 8.06. The van der Waals surface area contributed by atoms with E-state index in [0.29, 0.717) is 18.4 Å². The number of aromatic nitrogens is 2. The van der Waals surface area contributed by atoms with Gasteiger partial charge >= 0.3 is 6.01 Å². The van der Waals surface area contributed by atoms with Crippen LogP contribution in [0.4, 0.5) is 5.82 Å². The highest BCUT2D eigenvalue weighted by molar-refractivity contribution is 5.26. The van der Waals surface area contributed by atoms with Gasteiger partial charge in [-0.3, -0.25) is 0 Å². The van der Waals surface area contributed by atoms with Crippen molar-refractivity contribution in [3.8, 4) is 6.01 Å². The molecule has 76 valence electrons. The molecule has 0 radical (unpaired) electrons. The zero-order chi connectivity index (χ0) is 10.0. The Bertz CT molecular complexity index is 326. The fourth-order valence-electron chi connectivity index (χ4n) is 1.20. The van der Waals surface area contributed by atoms with Crippen LogP contribution in [0.2, 0.25) is 0 Å². The molecule has 5 nitrogen and oxygen atoms in total. The standard InChI is InChI=1S/C9H13N3O2/c1-9(4-13-5-9)6-14-8-11-3-2-7(10)12-8/h2-3H,4-6H2,1H3,(H2,10,11,12). The maximum Gasteiger partial charge on any atom is 0.318 e. The molecule has 0 aromatic carbocycles. The van der Waals surface area contributed by atoms with E-state index in [4.69, 9.17) is 15.2 Å². The molecule has 0 atom stereocenters. The first-order chi connectivity index (χ1) is 6.68. The molecule has 0 bridgehead atoms. The quantitative estimate of drug-likeness (QED) is 0.759. The summed E-state index contributed by atoms with van der Waals surface area (Å²) < 4.78 is 10.5. The molecule has 2 N–H and O–H groups in total. The molecule has 14 heavy (non-hydrogen) atoms. The van der Waals surface area contributed by atoms with Gasteiger partial charge in [0.15, 0.2) is 0 Å². The summed E-state index contributed by atoms with van der Waals surface area (Å²) in [5, 5.41) is 0. The smallest absolute Gasteiger partial charge is 0.318 e. The number of hydrogen-bond acceptors (Lipinski definition) is 5. The summed E-state index contributed by atoms with van der Waals surface area (Å²) in [4.78, 5) is 7.89. The fraction of sp³-hybridized carbons (Fsp3) is 0.556. The molecule has 1 saturated heterocycles. The molecule has 1 aromatic rings. The van der Waals surface area contributed by atoms with Crippen LogP contribution < -0.4 is 10.5 Å². The minimum atomic E-state index is 0.105. The lowest BCUT2D eigenvalue weighted by molar-refractivity contribution is -0.121. The Hall–Kier alpha value is -1.36. The van der Waals surface area contributed by atoms with Gasteiger partial charge in [-0.2, -0.15) is 4.98 Å². The molecule has 2 rings (SSSR count). The molecule has 0 spiro atoms. The number of rotatable bonds is 3. The van der Waals surface area contributed by atoms with Crippen LogP contribution in [-0.2, 0) is 4.74 Å². The van der Waals surface area contributed by atoms with Gasteiger partial charge in [0.25, 0.3) is 0 Å². The van der Waals surface area contributed by atoms with E-state index in [9.17, 15) is 0 Å². The first-order valence-electron chi connectivity index (χ1n) is 4.47. The van der Waals surface area contributed by atoms with E-state index in [1.54, 1.807) is 12.3 Å². The average Bonchev–Trinajstić information content (AvgIpc) is 2.12. The number of nitrogens with zero attached hydrogens (tertiary/aromatic N) is 2. The van der Waals surface area contributed by atoms with Crippen molar-refractivity contribution in [3.63, 3.8) is 0 Å². The molecule has 1 aromatic heterocycles. The third-order valence-corrected chi connectivity index (χ3v) is 2.11. The maximum atomic E-state index is 5.49. The molecule has 5 heteroatoms. The second-order valence-electron chi connectivity index (χ2n) is 3.86. The topological polar surface area (TPSA) is 70.3 Å². The molecule has 1 aliphatic heterocycles. The van der Waals surface area contributed by atoms with Gasteiger partial charge < -0.3 is 15.2 Å². The Kier molecular flexibility index (Phi) is 2.25. The van der Waals surface area contributed by atoms with Gasteiger partial charge in [-0.15, -0.1) is 0 Å². The summed E-state index contributed by atoms with van der Waals surface area (Å²) in [5.74, 6) is 0.421. The van der Waals surface area contributed by atoms with Crippen molar-refractivity contribution in [3.05, 3.63) is 12.3 Å². The first-order valence-corrected chi connectivity index (χ1v) is 4.47. The normalized spacial score (nSPS) is 18.6. The highest BCUT2D eigenvalue weighted by Crippen LogP contribution is 2.26. The van der Waals surface area contributed by atoms with E-state index in [1.165, 1.54) is 0 Å². The predicted molar refractivity (Wildman–Crippen MR) is 50.9 cm³/mol. The number of ether oxygens (including phenoxy) is 2. The molecular formula is C9H13N3O2. The highest BCUT2D eigenvalue weighted by Gasteiger charge is 2.34. The SMILES string of the molecule is CC1(COc2nccc(N)n2)COC1. The van der Waals surface area contributed by atoms with Crippen molar-refractivity contribution < 1.29 is 9.47 Å². The van der Waals surface area contributed by atoms with Crippen molar-refractivity contribution in [1.29, 1.82) is 0 Å². The lowest BCUT2D eigenvalue weighted by Gasteiger charge is -2.37. The summed E-state index contributed by atoms with van der Waals surface area (Å²) in [5.41, 5.74) is 5.59. The molecule has 0 amide bonds. The van der Waals surface area contributed by atoms with Crippen LogP contribution in [0.5, 0.6) is 6.01 Å². The third kappa shape index (κ3) is 1.93. The van der Waals surface area contributed by atoms with Gasteiger partial charge in [-0.05, 0) is 6.07 Å². The van der Waals surface area contributed by atoms with Crippen LogP contribution in [0.25, 0.3) is 0 Å². The van der Waals surface area contributed by atoms with E-state index in [2.05, 4.69) is 16.9 Å². The largest absolute Gasteiger partial charge is 0.463 e. The van der Waals surface area contributed by atoms with Crippen LogP contribution in [0.3, 0.4) is 0 Å². The summed E-state index contributed by atoms with van der Waals surface area (Å²) in [6, 6.07) is 1.96. The van der Waals surface area contributed by atoms with Crippen molar-refractivity contribution in [1.82, 2.24) is 9.97 Å². The lowest BCUT2D eigenvalue weighted by atomic mass is 9.90. The third-order valence-electron chi connectivity index (χ3n) is 2.11. The van der Waals surface area contributed by atoms with Crippen molar-refractivity contribution >= 4 is 5.82 Å². The van der Waals surface area contributed by atoms with Gasteiger partial charge in [0, 0.05) is 11.6 Å². The molecule has 0 unspecified atom stereocenters. The predicted octanol–water partition coefficient (Wildman–Crippen LogP) is 0.474. The van der Waals surface area contributed by atoms with Crippen LogP contribution in [0.1, 0.15) is 6.92 Å². The summed E-state index contributed by atoms with van der Waals surface area (Å²) >= 11 is 0. The zero-order valence-corrected chi connectivity index (χ0v) is 8.06. The maximum absolute atomic E-state index is 5.49.